The Bertz CT molecular complexity index is 1670. The predicted molar refractivity (Wildman–Crippen MR) is 146 cm³/mol. The second kappa shape index (κ2) is 11.2. The Morgan fingerprint density at radius 1 is 1.03 bits per heavy atom. The number of fused-ring (bicyclic) bond motifs is 1. The van der Waals surface area contributed by atoms with Crippen molar-refractivity contribution in [2.75, 3.05) is 11.9 Å². The van der Waals surface area contributed by atoms with Gasteiger partial charge in [0.25, 0.3) is 16.0 Å². The molecule has 9 nitrogen and oxygen atoms in total. The molecule has 0 aliphatic carbocycles. The van der Waals surface area contributed by atoms with E-state index in [4.69, 9.17) is 16.3 Å². The lowest BCUT2D eigenvalue weighted by Crippen LogP contribution is -2.13. The molecule has 0 heterocycles. The summed E-state index contributed by atoms with van der Waals surface area (Å²) in [5, 5.41) is 23.4. The highest BCUT2D eigenvalue weighted by molar-refractivity contribution is 7.85. The number of phenols is 1. The Morgan fingerprint density at radius 2 is 1.74 bits per heavy atom. The summed E-state index contributed by atoms with van der Waals surface area (Å²) in [5.41, 5.74) is 0.674. The molecule has 196 valence electrons. The van der Waals surface area contributed by atoms with Crippen LogP contribution in [0, 0.1) is 0 Å². The van der Waals surface area contributed by atoms with Gasteiger partial charge in [-0.25, -0.2) is 0 Å². The molecule has 0 aliphatic heterocycles. The summed E-state index contributed by atoms with van der Waals surface area (Å²) in [6.45, 7) is 3.92. The van der Waals surface area contributed by atoms with E-state index < -0.39 is 21.8 Å². The zero-order valence-corrected chi connectivity index (χ0v) is 22.0. The normalized spacial score (nSPS) is 11.7. The SMILES string of the molecule is CCOc1ccccc1NC(=O)c1cc2ccccc2c(N=Nc2cc(Cl)cc(S(=O)(=O)O)c2CC)c1O. The van der Waals surface area contributed by atoms with Gasteiger partial charge in [0.05, 0.1) is 23.5 Å². The van der Waals surface area contributed by atoms with Gasteiger partial charge in [0.15, 0.2) is 5.75 Å². The van der Waals surface area contributed by atoms with E-state index >= 15 is 0 Å². The number of anilines is 1. The molecule has 0 aromatic heterocycles. The van der Waals surface area contributed by atoms with Crippen molar-refractivity contribution in [3.8, 4) is 11.5 Å². The molecule has 38 heavy (non-hydrogen) atoms. The maximum absolute atomic E-state index is 13.3. The summed E-state index contributed by atoms with van der Waals surface area (Å²) in [4.78, 5) is 12.9. The summed E-state index contributed by atoms with van der Waals surface area (Å²) in [5.74, 6) is -0.539. The minimum atomic E-state index is -4.57. The molecule has 1 amide bonds. The molecule has 0 saturated carbocycles. The predicted octanol–water partition coefficient (Wildman–Crippen LogP) is 7.07. The highest BCUT2D eigenvalue weighted by Gasteiger charge is 2.21. The van der Waals surface area contributed by atoms with E-state index in [1.807, 2.05) is 6.92 Å². The summed E-state index contributed by atoms with van der Waals surface area (Å²) in [7, 11) is -4.57. The fourth-order valence-corrected chi connectivity index (χ4v) is 5.12. The van der Waals surface area contributed by atoms with E-state index in [0.717, 1.165) is 6.07 Å². The van der Waals surface area contributed by atoms with Gasteiger partial charge in [-0.15, -0.1) is 5.11 Å². The quantitative estimate of drug-likeness (QED) is 0.157. The molecule has 4 aromatic carbocycles. The highest BCUT2D eigenvalue weighted by atomic mass is 35.5. The highest BCUT2D eigenvalue weighted by Crippen LogP contribution is 2.41. The smallest absolute Gasteiger partial charge is 0.294 e. The van der Waals surface area contributed by atoms with E-state index in [1.54, 1.807) is 55.5 Å². The Labute approximate surface area is 224 Å². The van der Waals surface area contributed by atoms with Crippen LogP contribution in [-0.2, 0) is 16.5 Å². The van der Waals surface area contributed by atoms with Crippen LogP contribution < -0.4 is 10.1 Å². The van der Waals surface area contributed by atoms with Crippen LogP contribution in [0.15, 0.2) is 81.9 Å². The number of para-hydroxylation sites is 2. The second-order valence-corrected chi connectivity index (χ2v) is 9.98. The fourth-order valence-electron chi connectivity index (χ4n) is 4.01. The molecule has 11 heteroatoms. The molecule has 0 aliphatic rings. The lowest BCUT2D eigenvalue weighted by molar-refractivity contribution is 0.102. The van der Waals surface area contributed by atoms with Crippen molar-refractivity contribution in [2.45, 2.75) is 25.2 Å². The molecule has 0 atom stereocenters. The minimum absolute atomic E-state index is 0.00165. The van der Waals surface area contributed by atoms with Crippen LogP contribution in [-0.4, -0.2) is 30.6 Å². The van der Waals surface area contributed by atoms with Crippen molar-refractivity contribution in [1.82, 2.24) is 0 Å². The van der Waals surface area contributed by atoms with Gasteiger partial charge in [-0.05, 0) is 49.1 Å². The minimum Gasteiger partial charge on any atom is -0.505 e. The summed E-state index contributed by atoms with van der Waals surface area (Å²) in [6, 6.07) is 18.0. The molecular formula is C27H24ClN3O6S. The number of nitrogens with one attached hydrogen (secondary N) is 1. The molecular weight excluding hydrogens is 530 g/mol. The molecule has 0 unspecified atom stereocenters. The van der Waals surface area contributed by atoms with Gasteiger partial charge in [0.2, 0.25) is 0 Å². The first kappa shape index (κ1) is 27.1. The van der Waals surface area contributed by atoms with Crippen LogP contribution in [0.25, 0.3) is 10.8 Å². The van der Waals surface area contributed by atoms with Crippen LogP contribution in [0.5, 0.6) is 11.5 Å². The molecule has 0 fully saturated rings. The van der Waals surface area contributed by atoms with Gasteiger partial charge in [0.1, 0.15) is 16.3 Å². The van der Waals surface area contributed by atoms with Gasteiger partial charge in [-0.1, -0.05) is 54.9 Å². The summed E-state index contributed by atoms with van der Waals surface area (Å²) < 4.78 is 39.0. The first-order chi connectivity index (χ1) is 18.1. The van der Waals surface area contributed by atoms with Crippen LogP contribution in [0.1, 0.15) is 29.8 Å². The van der Waals surface area contributed by atoms with Crippen LogP contribution in [0.2, 0.25) is 5.02 Å². The molecule has 4 aromatic rings. The van der Waals surface area contributed by atoms with Crippen LogP contribution in [0.4, 0.5) is 17.1 Å². The van der Waals surface area contributed by atoms with Crippen LogP contribution in [0.3, 0.4) is 0 Å². The second-order valence-electron chi connectivity index (χ2n) is 8.16. The number of rotatable bonds is 8. The maximum atomic E-state index is 13.3. The van der Waals surface area contributed by atoms with Gasteiger partial charge in [-0.2, -0.15) is 13.5 Å². The van der Waals surface area contributed by atoms with Crippen molar-refractivity contribution >= 4 is 55.5 Å². The number of hydrogen-bond donors (Lipinski definition) is 3. The average molecular weight is 554 g/mol. The fraction of sp³-hybridized carbons (Fsp3) is 0.148. The van der Waals surface area contributed by atoms with E-state index in [2.05, 4.69) is 15.5 Å². The number of azo groups is 1. The van der Waals surface area contributed by atoms with Crippen molar-refractivity contribution in [3.63, 3.8) is 0 Å². The standard InChI is InChI=1S/C27H24ClN3O6S/c1-3-18-22(14-17(28)15-24(18)38(34,35)36)30-31-25-19-10-6-5-9-16(19)13-20(26(25)32)27(33)29-21-11-7-8-12-23(21)37-4-2/h5-15,32H,3-4H2,1-2H3,(H,29,33)(H,34,35,36). The number of amides is 1. The zero-order valence-electron chi connectivity index (χ0n) is 20.5. The lowest BCUT2D eigenvalue weighted by atomic mass is 10.0. The van der Waals surface area contributed by atoms with Crippen molar-refractivity contribution in [3.05, 3.63) is 82.9 Å². The number of hydrogen-bond acceptors (Lipinski definition) is 7. The molecule has 0 spiro atoms. The molecule has 4 rings (SSSR count). The largest absolute Gasteiger partial charge is 0.505 e. The van der Waals surface area contributed by atoms with Crippen LogP contribution >= 0.6 is 11.6 Å². The third-order valence-electron chi connectivity index (χ3n) is 5.71. The van der Waals surface area contributed by atoms with Crippen molar-refractivity contribution < 1.29 is 27.6 Å². The number of nitrogens with zero attached hydrogens (tertiary/aromatic N) is 2. The van der Waals surface area contributed by atoms with Gasteiger partial charge < -0.3 is 15.2 Å². The van der Waals surface area contributed by atoms with Gasteiger partial charge >= 0.3 is 0 Å². The first-order valence-electron chi connectivity index (χ1n) is 11.6. The third kappa shape index (κ3) is 5.62. The number of benzene rings is 4. The summed E-state index contributed by atoms with van der Waals surface area (Å²) >= 11 is 6.08. The molecule has 0 saturated heterocycles. The maximum Gasteiger partial charge on any atom is 0.294 e. The number of carbonyl (C=O) groups is 1. The van der Waals surface area contributed by atoms with E-state index in [-0.39, 0.29) is 38.8 Å². The zero-order chi connectivity index (χ0) is 27.4. The Balaban J connectivity index is 1.83. The number of aromatic hydroxyl groups is 1. The number of carbonyl (C=O) groups excluding carboxylic acids is 1. The van der Waals surface area contributed by atoms with Gasteiger partial charge in [-0.3, -0.25) is 9.35 Å². The van der Waals surface area contributed by atoms with Crippen molar-refractivity contribution in [1.29, 1.82) is 0 Å². The monoisotopic (exact) mass is 553 g/mol. The number of ether oxygens (including phenoxy) is 1. The molecule has 0 radical (unpaired) electrons. The summed E-state index contributed by atoms with van der Waals surface area (Å²) in [6.07, 6.45) is 0.203. The van der Waals surface area contributed by atoms with Gasteiger partial charge in [0, 0.05) is 16.0 Å². The van der Waals surface area contributed by atoms with E-state index in [0.29, 0.717) is 28.8 Å². The van der Waals surface area contributed by atoms with Crippen molar-refractivity contribution in [2.24, 2.45) is 10.2 Å². The first-order valence-corrected chi connectivity index (χ1v) is 13.4. The Morgan fingerprint density at radius 3 is 2.45 bits per heavy atom. The average Bonchev–Trinajstić information content (AvgIpc) is 2.88. The van der Waals surface area contributed by atoms with E-state index in [9.17, 15) is 22.9 Å². The third-order valence-corrected chi connectivity index (χ3v) is 6.85. The Kier molecular flexibility index (Phi) is 7.96. The number of halogens is 1. The molecule has 3 N–H and O–H groups in total. The number of phenolic OH excluding ortho intramolecular Hbond substituents is 1. The Hall–Kier alpha value is -3.99. The lowest BCUT2D eigenvalue weighted by Gasteiger charge is -2.14. The molecule has 0 bridgehead atoms. The van der Waals surface area contributed by atoms with E-state index in [1.165, 1.54) is 12.1 Å². The topological polar surface area (TPSA) is 138 Å².